The van der Waals surface area contributed by atoms with Crippen molar-refractivity contribution in [3.8, 4) is 0 Å². The maximum atomic E-state index is 5.80. The number of aromatic nitrogens is 3. The van der Waals surface area contributed by atoms with E-state index in [1.54, 1.807) is 0 Å². The van der Waals surface area contributed by atoms with E-state index in [9.17, 15) is 0 Å². The van der Waals surface area contributed by atoms with E-state index in [4.69, 9.17) is 16.3 Å². The molecule has 18 heavy (non-hydrogen) atoms. The first-order chi connectivity index (χ1) is 8.46. The minimum Gasteiger partial charge on any atom is -0.361 e. The molecule has 0 aromatic carbocycles. The van der Waals surface area contributed by atoms with Crippen LogP contribution in [-0.4, -0.2) is 29.4 Å². The summed E-state index contributed by atoms with van der Waals surface area (Å²) in [7, 11) is -1.02. The Bertz CT molecular complexity index is 536. The second-order valence-corrected chi connectivity index (χ2v) is 11.6. The van der Waals surface area contributed by atoms with E-state index < -0.39 is 8.07 Å². The zero-order valence-corrected chi connectivity index (χ0v) is 12.7. The first-order valence-electron chi connectivity index (χ1n) is 6.01. The topological polar surface area (TPSA) is 39.9 Å². The van der Waals surface area contributed by atoms with Gasteiger partial charge in [0.1, 0.15) is 6.73 Å². The van der Waals surface area contributed by atoms with Crippen LogP contribution in [0.2, 0.25) is 30.8 Å². The maximum absolute atomic E-state index is 5.80. The van der Waals surface area contributed by atoms with Crippen LogP contribution in [0.5, 0.6) is 0 Å². The molecule has 0 aliphatic heterocycles. The van der Waals surface area contributed by atoms with Gasteiger partial charge in [0.25, 0.3) is 0 Å². The van der Waals surface area contributed by atoms with Crippen LogP contribution >= 0.6 is 11.6 Å². The Labute approximate surface area is 113 Å². The molecule has 98 valence electrons. The number of hydrogen-bond donors (Lipinski definition) is 0. The van der Waals surface area contributed by atoms with Gasteiger partial charge in [-0.25, -0.2) is 0 Å². The molecule has 4 nitrogen and oxygen atoms in total. The summed E-state index contributed by atoms with van der Waals surface area (Å²) in [5, 5.41) is 9.34. The molecule has 0 radical (unpaired) electrons. The molecule has 0 N–H and O–H groups in total. The summed E-state index contributed by atoms with van der Waals surface area (Å²) in [4.78, 5) is 0. The van der Waals surface area contributed by atoms with Crippen LogP contribution in [0.3, 0.4) is 0 Å². The van der Waals surface area contributed by atoms with Gasteiger partial charge in [0.15, 0.2) is 10.8 Å². The second kappa shape index (κ2) is 5.38. The molecule has 0 bridgehead atoms. The third kappa shape index (κ3) is 3.54. The highest BCUT2D eigenvalue weighted by molar-refractivity contribution is 6.76. The number of halogens is 1. The van der Waals surface area contributed by atoms with E-state index in [1.165, 1.54) is 6.04 Å². The summed E-state index contributed by atoms with van der Waals surface area (Å²) in [5.41, 5.74) is 0.812. The molecular weight excluding hydrogens is 266 g/mol. The largest absolute Gasteiger partial charge is 0.361 e. The van der Waals surface area contributed by atoms with Crippen molar-refractivity contribution in [3.05, 3.63) is 23.5 Å². The van der Waals surface area contributed by atoms with Crippen LogP contribution in [0.25, 0.3) is 11.0 Å². The second-order valence-electron chi connectivity index (χ2n) is 5.58. The van der Waals surface area contributed by atoms with Gasteiger partial charge in [0, 0.05) is 26.3 Å². The molecule has 2 heterocycles. The number of fused-ring (bicyclic) bond motifs is 1. The number of hydrogen-bond acceptors (Lipinski definition) is 3. The molecule has 0 fully saturated rings. The van der Waals surface area contributed by atoms with Gasteiger partial charge >= 0.3 is 0 Å². The third-order valence-corrected chi connectivity index (χ3v) is 4.59. The Morgan fingerprint density at radius 1 is 1.33 bits per heavy atom. The van der Waals surface area contributed by atoms with Gasteiger partial charge in [0.05, 0.1) is 0 Å². The molecule has 0 aliphatic rings. The van der Waals surface area contributed by atoms with Crippen molar-refractivity contribution in [3.63, 3.8) is 0 Å². The molecule has 2 aromatic rings. The van der Waals surface area contributed by atoms with Gasteiger partial charge in [-0.05, 0) is 18.2 Å². The fourth-order valence-electron chi connectivity index (χ4n) is 1.61. The van der Waals surface area contributed by atoms with E-state index in [0.717, 1.165) is 17.6 Å². The van der Waals surface area contributed by atoms with E-state index >= 15 is 0 Å². The summed E-state index contributed by atoms with van der Waals surface area (Å²) in [5.74, 6) is 0. The molecule has 0 saturated carbocycles. The average Bonchev–Trinajstić information content (AvgIpc) is 2.65. The van der Waals surface area contributed by atoms with Gasteiger partial charge in [-0.2, -0.15) is 0 Å². The van der Waals surface area contributed by atoms with Crippen LogP contribution in [0.15, 0.2) is 18.3 Å². The lowest BCUT2D eigenvalue weighted by atomic mass is 10.4. The molecule has 2 rings (SSSR count). The van der Waals surface area contributed by atoms with Crippen molar-refractivity contribution in [2.45, 2.75) is 32.4 Å². The van der Waals surface area contributed by atoms with Crippen molar-refractivity contribution in [2.24, 2.45) is 0 Å². The third-order valence-electron chi connectivity index (χ3n) is 2.71. The fraction of sp³-hybridized carbons (Fsp3) is 0.500. The number of ether oxygens (including phenoxy) is 1. The van der Waals surface area contributed by atoms with Crippen molar-refractivity contribution in [2.75, 3.05) is 6.61 Å². The van der Waals surface area contributed by atoms with Crippen LogP contribution in [0.4, 0.5) is 0 Å². The molecule has 0 spiro atoms. The quantitative estimate of drug-likeness (QED) is 0.624. The van der Waals surface area contributed by atoms with Crippen molar-refractivity contribution in [1.82, 2.24) is 14.8 Å². The highest BCUT2D eigenvalue weighted by Crippen LogP contribution is 2.16. The summed E-state index contributed by atoms with van der Waals surface area (Å²) >= 11 is 5.80. The zero-order valence-electron chi connectivity index (χ0n) is 11.0. The molecule has 0 amide bonds. The highest BCUT2D eigenvalue weighted by Gasteiger charge is 2.12. The van der Waals surface area contributed by atoms with Crippen LogP contribution < -0.4 is 0 Å². The average molecular weight is 284 g/mol. The van der Waals surface area contributed by atoms with Crippen molar-refractivity contribution >= 4 is 30.7 Å². The van der Waals surface area contributed by atoms with Gasteiger partial charge in [-0.3, -0.25) is 0 Å². The highest BCUT2D eigenvalue weighted by atomic mass is 35.5. The van der Waals surface area contributed by atoms with Crippen LogP contribution in [-0.2, 0) is 11.5 Å². The molecular formula is C12H18ClN3OSi. The lowest BCUT2D eigenvalue weighted by Crippen LogP contribution is -2.22. The molecule has 2 aromatic heterocycles. The predicted octanol–water partition coefficient (Wildman–Crippen LogP) is 3.40. The lowest BCUT2D eigenvalue weighted by molar-refractivity contribution is 0.0898. The van der Waals surface area contributed by atoms with E-state index in [-0.39, 0.29) is 0 Å². The van der Waals surface area contributed by atoms with Crippen LogP contribution in [0, 0.1) is 0 Å². The Morgan fingerprint density at radius 3 is 2.83 bits per heavy atom. The summed E-state index contributed by atoms with van der Waals surface area (Å²) < 4.78 is 7.64. The Hall–Kier alpha value is -0.913. The molecule has 6 heteroatoms. The van der Waals surface area contributed by atoms with Crippen molar-refractivity contribution < 1.29 is 4.74 Å². The molecule has 0 atom stereocenters. The van der Waals surface area contributed by atoms with Gasteiger partial charge < -0.3 is 9.30 Å². The van der Waals surface area contributed by atoms with Crippen LogP contribution in [0.1, 0.15) is 0 Å². The molecule has 0 unspecified atom stereocenters. The van der Waals surface area contributed by atoms with Gasteiger partial charge in [0.2, 0.25) is 0 Å². The smallest absolute Gasteiger partial charge is 0.164 e. The van der Waals surface area contributed by atoms with Gasteiger partial charge in [-0.15, -0.1) is 10.2 Å². The Morgan fingerprint density at radius 2 is 2.11 bits per heavy atom. The predicted molar refractivity (Wildman–Crippen MR) is 76.6 cm³/mol. The zero-order chi connectivity index (χ0) is 13.2. The Balaban J connectivity index is 1.96. The standard InChI is InChI=1S/C12H18ClN3OSi/c1-18(2,3)7-6-17-9-16-5-4-10-8-11(13)14-15-12(10)16/h4-5,8H,6-7,9H2,1-3H3. The monoisotopic (exact) mass is 283 g/mol. The van der Waals surface area contributed by atoms with Crippen molar-refractivity contribution in [1.29, 1.82) is 0 Å². The van der Waals surface area contributed by atoms with Gasteiger partial charge in [-0.1, -0.05) is 31.2 Å². The lowest BCUT2D eigenvalue weighted by Gasteiger charge is -2.15. The molecule has 0 saturated heterocycles. The number of nitrogens with zero attached hydrogens (tertiary/aromatic N) is 3. The first-order valence-corrected chi connectivity index (χ1v) is 10.1. The van der Waals surface area contributed by atoms with E-state index in [2.05, 4.69) is 29.8 Å². The van der Waals surface area contributed by atoms with E-state index in [0.29, 0.717) is 11.9 Å². The minimum absolute atomic E-state index is 0.417. The molecule has 0 aliphatic carbocycles. The summed E-state index contributed by atoms with van der Waals surface area (Å²) in [6, 6.07) is 4.95. The Kier molecular flexibility index (Phi) is 4.04. The SMILES string of the molecule is C[Si](C)(C)CCOCn1ccc2cc(Cl)nnc21. The minimum atomic E-state index is -1.02. The summed E-state index contributed by atoms with van der Waals surface area (Å²) in [6.07, 6.45) is 1.95. The first kappa shape index (κ1) is 13.5. The number of rotatable bonds is 5. The van der Waals surface area contributed by atoms with E-state index in [1.807, 2.05) is 22.9 Å². The summed E-state index contributed by atoms with van der Waals surface area (Å²) in [6.45, 7) is 8.35. The maximum Gasteiger partial charge on any atom is 0.164 e. The fourth-order valence-corrected chi connectivity index (χ4v) is 2.52. The normalized spacial score (nSPS) is 12.2.